The molecule has 1 aromatic carbocycles. The van der Waals surface area contributed by atoms with Gasteiger partial charge in [-0.2, -0.15) is 0 Å². The number of hydrogen-bond donors (Lipinski definition) is 2. The smallest absolute Gasteiger partial charge is 0.251 e. The van der Waals surface area contributed by atoms with Crippen LogP contribution in [0.25, 0.3) is 0 Å². The summed E-state index contributed by atoms with van der Waals surface area (Å²) in [6, 6.07) is 4.10. The van der Waals surface area contributed by atoms with Gasteiger partial charge in [0.25, 0.3) is 5.91 Å². The summed E-state index contributed by atoms with van der Waals surface area (Å²) < 4.78 is 0. The number of carbonyl (C=O) groups is 1. The third kappa shape index (κ3) is 3.58. The van der Waals surface area contributed by atoms with Gasteiger partial charge in [-0.15, -0.1) is 0 Å². The van der Waals surface area contributed by atoms with Crippen molar-refractivity contribution in [3.63, 3.8) is 0 Å². The third-order valence-electron chi connectivity index (χ3n) is 4.85. The molecule has 3 heteroatoms. The minimum absolute atomic E-state index is 0.0248. The number of anilines is 1. The molecule has 3 N–H and O–H groups in total. The van der Waals surface area contributed by atoms with E-state index in [2.05, 4.69) is 19.2 Å². The summed E-state index contributed by atoms with van der Waals surface area (Å²) in [4.78, 5) is 12.6. The monoisotopic (exact) mass is 288 g/mol. The molecule has 2 rings (SSSR count). The Bertz CT molecular complexity index is 522. The van der Waals surface area contributed by atoms with Gasteiger partial charge in [-0.3, -0.25) is 4.79 Å². The summed E-state index contributed by atoms with van der Waals surface area (Å²) in [7, 11) is 0. The van der Waals surface area contributed by atoms with Crippen LogP contribution in [0.1, 0.15) is 61.0 Å². The Hall–Kier alpha value is -1.51. The highest BCUT2D eigenvalue weighted by Crippen LogP contribution is 2.30. The maximum Gasteiger partial charge on any atom is 0.251 e. The fraction of sp³-hybridized carbons (Fsp3) is 0.611. The lowest BCUT2D eigenvalue weighted by Crippen LogP contribution is -2.44. The lowest BCUT2D eigenvalue weighted by molar-refractivity contribution is 0.0888. The second-order valence-electron chi connectivity index (χ2n) is 6.80. The standard InChI is InChI=1S/C18H28N2O/c1-11(2)14-7-5-6-8-17(14)20-18(21)15-10-16(19)13(4)9-12(15)3/h9-11,14,17H,5-8,19H2,1-4H3,(H,20,21). The normalized spacial score (nSPS) is 22.3. The number of hydrogen-bond acceptors (Lipinski definition) is 2. The van der Waals surface area contributed by atoms with Gasteiger partial charge in [0.2, 0.25) is 0 Å². The lowest BCUT2D eigenvalue weighted by atomic mass is 9.77. The van der Waals surface area contributed by atoms with Gasteiger partial charge < -0.3 is 11.1 Å². The van der Waals surface area contributed by atoms with E-state index in [0.29, 0.717) is 29.1 Å². The van der Waals surface area contributed by atoms with Gasteiger partial charge in [0.15, 0.2) is 0 Å². The summed E-state index contributed by atoms with van der Waals surface area (Å²) in [6.07, 6.45) is 4.81. The van der Waals surface area contributed by atoms with Crippen LogP contribution in [0.4, 0.5) is 5.69 Å². The van der Waals surface area contributed by atoms with E-state index in [4.69, 9.17) is 5.73 Å². The van der Waals surface area contributed by atoms with Crippen molar-refractivity contribution in [3.8, 4) is 0 Å². The maximum absolute atomic E-state index is 12.6. The second-order valence-corrected chi connectivity index (χ2v) is 6.80. The quantitative estimate of drug-likeness (QED) is 0.830. The minimum atomic E-state index is 0.0248. The largest absolute Gasteiger partial charge is 0.398 e. The van der Waals surface area contributed by atoms with E-state index >= 15 is 0 Å². The van der Waals surface area contributed by atoms with Crippen molar-refractivity contribution in [3.05, 3.63) is 28.8 Å². The van der Waals surface area contributed by atoms with E-state index in [1.807, 2.05) is 26.0 Å². The Balaban J connectivity index is 2.15. The van der Waals surface area contributed by atoms with Crippen LogP contribution in [0, 0.1) is 25.7 Å². The number of nitrogen functional groups attached to an aromatic ring is 1. The highest BCUT2D eigenvalue weighted by Gasteiger charge is 2.29. The summed E-state index contributed by atoms with van der Waals surface area (Å²) in [6.45, 7) is 8.45. The molecule has 3 nitrogen and oxygen atoms in total. The molecule has 0 aromatic heterocycles. The van der Waals surface area contributed by atoms with Crippen molar-refractivity contribution in [1.29, 1.82) is 0 Å². The van der Waals surface area contributed by atoms with Gasteiger partial charge in [-0.25, -0.2) is 0 Å². The van der Waals surface area contributed by atoms with Gasteiger partial charge in [0, 0.05) is 17.3 Å². The molecule has 1 amide bonds. The van der Waals surface area contributed by atoms with Crippen LogP contribution < -0.4 is 11.1 Å². The Morgan fingerprint density at radius 1 is 1.19 bits per heavy atom. The Labute approximate surface area is 128 Å². The van der Waals surface area contributed by atoms with Crippen LogP contribution in [0.2, 0.25) is 0 Å². The van der Waals surface area contributed by atoms with Gasteiger partial charge in [0.05, 0.1) is 0 Å². The molecule has 1 saturated carbocycles. The maximum atomic E-state index is 12.6. The fourth-order valence-corrected chi connectivity index (χ4v) is 3.50. The molecular formula is C18H28N2O. The fourth-order valence-electron chi connectivity index (χ4n) is 3.50. The highest BCUT2D eigenvalue weighted by atomic mass is 16.1. The van der Waals surface area contributed by atoms with Crippen molar-refractivity contribution in [2.75, 3.05) is 5.73 Å². The summed E-state index contributed by atoms with van der Waals surface area (Å²) in [5, 5.41) is 3.26. The molecule has 0 aliphatic heterocycles. The Kier molecular flexibility index (Phi) is 4.92. The molecule has 0 spiro atoms. The molecule has 1 aliphatic rings. The van der Waals surface area contributed by atoms with Crippen LogP contribution in [-0.2, 0) is 0 Å². The average molecular weight is 288 g/mol. The van der Waals surface area contributed by atoms with Crippen LogP contribution in [-0.4, -0.2) is 11.9 Å². The van der Waals surface area contributed by atoms with Crippen LogP contribution >= 0.6 is 0 Å². The zero-order valence-electron chi connectivity index (χ0n) is 13.7. The molecule has 116 valence electrons. The predicted molar refractivity (Wildman–Crippen MR) is 88.4 cm³/mol. The van der Waals surface area contributed by atoms with Crippen molar-refractivity contribution >= 4 is 11.6 Å². The SMILES string of the molecule is Cc1cc(C)c(C(=O)NC2CCCCC2C(C)C)cc1N. The van der Waals surface area contributed by atoms with Crippen molar-refractivity contribution in [2.45, 2.75) is 59.4 Å². The first kappa shape index (κ1) is 15.9. The summed E-state index contributed by atoms with van der Waals surface area (Å²) >= 11 is 0. The minimum Gasteiger partial charge on any atom is -0.398 e. The number of carbonyl (C=O) groups excluding carboxylic acids is 1. The number of aryl methyl sites for hydroxylation is 2. The highest BCUT2D eigenvalue weighted by molar-refractivity contribution is 5.97. The second kappa shape index (κ2) is 6.50. The van der Waals surface area contributed by atoms with Crippen LogP contribution in [0.5, 0.6) is 0 Å². The zero-order chi connectivity index (χ0) is 15.6. The molecule has 1 fully saturated rings. The first-order valence-electron chi connectivity index (χ1n) is 8.07. The van der Waals surface area contributed by atoms with Crippen LogP contribution in [0.15, 0.2) is 12.1 Å². The molecule has 1 aliphatic carbocycles. The summed E-state index contributed by atoms with van der Waals surface area (Å²) in [5.74, 6) is 1.22. The van der Waals surface area contributed by atoms with Crippen molar-refractivity contribution in [2.24, 2.45) is 11.8 Å². The molecular weight excluding hydrogens is 260 g/mol. The van der Waals surface area contributed by atoms with E-state index in [-0.39, 0.29) is 5.91 Å². The predicted octanol–water partition coefficient (Wildman–Crippen LogP) is 3.83. The van der Waals surface area contributed by atoms with E-state index in [1.54, 1.807) is 0 Å². The Morgan fingerprint density at radius 3 is 2.52 bits per heavy atom. The molecule has 1 aromatic rings. The Morgan fingerprint density at radius 2 is 1.86 bits per heavy atom. The van der Waals surface area contributed by atoms with Gasteiger partial charge in [0.1, 0.15) is 0 Å². The van der Waals surface area contributed by atoms with Gasteiger partial charge >= 0.3 is 0 Å². The van der Waals surface area contributed by atoms with E-state index in [0.717, 1.165) is 17.5 Å². The van der Waals surface area contributed by atoms with E-state index in [1.165, 1.54) is 19.3 Å². The molecule has 21 heavy (non-hydrogen) atoms. The van der Waals surface area contributed by atoms with E-state index in [9.17, 15) is 4.79 Å². The lowest BCUT2D eigenvalue weighted by Gasteiger charge is -2.35. The van der Waals surface area contributed by atoms with E-state index < -0.39 is 0 Å². The van der Waals surface area contributed by atoms with Crippen molar-refractivity contribution in [1.82, 2.24) is 5.32 Å². The molecule has 0 bridgehead atoms. The number of nitrogens with one attached hydrogen (secondary N) is 1. The first-order chi connectivity index (χ1) is 9.90. The number of nitrogens with two attached hydrogens (primary N) is 1. The average Bonchev–Trinajstić information content (AvgIpc) is 2.43. The van der Waals surface area contributed by atoms with Gasteiger partial charge in [-0.1, -0.05) is 32.8 Å². The molecule has 0 saturated heterocycles. The number of amides is 1. The van der Waals surface area contributed by atoms with Gasteiger partial charge in [-0.05, 0) is 55.7 Å². The third-order valence-corrected chi connectivity index (χ3v) is 4.85. The first-order valence-corrected chi connectivity index (χ1v) is 8.07. The molecule has 2 atom stereocenters. The van der Waals surface area contributed by atoms with Crippen molar-refractivity contribution < 1.29 is 4.79 Å². The summed E-state index contributed by atoms with van der Waals surface area (Å²) in [5.41, 5.74) is 9.39. The number of rotatable bonds is 3. The molecule has 2 unspecified atom stereocenters. The molecule has 0 heterocycles. The zero-order valence-corrected chi connectivity index (χ0v) is 13.7. The van der Waals surface area contributed by atoms with Crippen LogP contribution in [0.3, 0.4) is 0 Å². The number of benzene rings is 1. The topological polar surface area (TPSA) is 55.1 Å². The molecule has 0 radical (unpaired) electrons.